The molecule has 0 aliphatic heterocycles. The zero-order chi connectivity index (χ0) is 17.5. The Kier molecular flexibility index (Phi) is 6.50. The molecule has 2 aromatic rings. The quantitative estimate of drug-likeness (QED) is 0.415. The fraction of sp³-hybridized carbons (Fsp3) is 0.400. The minimum absolute atomic E-state index is 1.19. The lowest BCUT2D eigenvalue weighted by Crippen LogP contribution is -1.88. The van der Waals surface area contributed by atoms with Crippen molar-refractivity contribution in [2.45, 2.75) is 65.2 Å². The highest BCUT2D eigenvalue weighted by Gasteiger charge is 2.16. The van der Waals surface area contributed by atoms with Gasteiger partial charge in [-0.1, -0.05) is 93.6 Å². The van der Waals surface area contributed by atoms with Crippen LogP contribution in [0.15, 0.2) is 48.0 Å². The number of fused-ring (bicyclic) bond motifs is 1. The van der Waals surface area contributed by atoms with Crippen LogP contribution in [-0.4, -0.2) is 0 Å². The summed E-state index contributed by atoms with van der Waals surface area (Å²) in [5.74, 6) is 0. The fourth-order valence-electron chi connectivity index (χ4n) is 3.68. The van der Waals surface area contributed by atoms with E-state index in [1.165, 1.54) is 84.8 Å². The van der Waals surface area contributed by atoms with Crippen molar-refractivity contribution in [1.29, 1.82) is 0 Å². The molecule has 131 valence electrons. The summed E-state index contributed by atoms with van der Waals surface area (Å²) in [5, 5.41) is 0. The Balaban J connectivity index is 1.74. The summed E-state index contributed by atoms with van der Waals surface area (Å²) >= 11 is 0. The van der Waals surface area contributed by atoms with Gasteiger partial charge in [0.05, 0.1) is 0 Å². The molecule has 0 unspecified atom stereocenters. The topological polar surface area (TPSA) is 0 Å². The summed E-state index contributed by atoms with van der Waals surface area (Å²) in [4.78, 5) is 0. The molecule has 0 bridgehead atoms. The van der Waals surface area contributed by atoms with Crippen molar-refractivity contribution in [3.63, 3.8) is 0 Å². The number of allylic oxidation sites excluding steroid dienone is 1. The zero-order valence-corrected chi connectivity index (χ0v) is 15.9. The molecule has 0 heteroatoms. The van der Waals surface area contributed by atoms with Gasteiger partial charge in [-0.15, -0.1) is 0 Å². The number of hydrogen-bond donors (Lipinski definition) is 0. The molecule has 3 rings (SSSR count). The van der Waals surface area contributed by atoms with Crippen LogP contribution in [0.1, 0.15) is 75.5 Å². The molecule has 0 nitrogen and oxygen atoms in total. The smallest absolute Gasteiger partial charge is 0.0164 e. The predicted octanol–water partition coefficient (Wildman–Crippen LogP) is 7.62. The minimum Gasteiger partial charge on any atom is -0.0654 e. The second-order valence-electron chi connectivity index (χ2n) is 7.28. The zero-order valence-electron chi connectivity index (χ0n) is 15.9. The van der Waals surface area contributed by atoms with E-state index in [1.54, 1.807) is 0 Å². The number of rotatable bonds is 9. The van der Waals surface area contributed by atoms with Gasteiger partial charge in [0.1, 0.15) is 0 Å². The van der Waals surface area contributed by atoms with Crippen LogP contribution in [0.5, 0.6) is 0 Å². The summed E-state index contributed by atoms with van der Waals surface area (Å²) in [6.07, 6.45) is 15.1. The number of unbranched alkanes of at least 4 members (excludes halogenated alkanes) is 4. The maximum absolute atomic E-state index is 2.42. The molecule has 0 atom stereocenters. The molecule has 25 heavy (non-hydrogen) atoms. The van der Waals surface area contributed by atoms with Crippen LogP contribution < -0.4 is 0 Å². The van der Waals surface area contributed by atoms with E-state index < -0.39 is 0 Å². The van der Waals surface area contributed by atoms with E-state index in [2.05, 4.69) is 68.8 Å². The summed E-state index contributed by atoms with van der Waals surface area (Å²) in [5.41, 5.74) is 8.47. The first kappa shape index (κ1) is 18.0. The van der Waals surface area contributed by atoms with Crippen molar-refractivity contribution in [3.05, 3.63) is 71.1 Å². The molecule has 1 radical (unpaired) electrons. The van der Waals surface area contributed by atoms with Crippen LogP contribution >= 0.6 is 0 Å². The first-order valence-corrected chi connectivity index (χ1v) is 10.1. The van der Waals surface area contributed by atoms with Gasteiger partial charge in [0.25, 0.3) is 0 Å². The summed E-state index contributed by atoms with van der Waals surface area (Å²) in [7, 11) is 0. The van der Waals surface area contributed by atoms with Gasteiger partial charge < -0.3 is 0 Å². The largest absolute Gasteiger partial charge is 0.0654 e. The summed E-state index contributed by atoms with van der Waals surface area (Å²) in [6.45, 7) is 4.53. The van der Waals surface area contributed by atoms with Gasteiger partial charge in [0.15, 0.2) is 0 Å². The van der Waals surface area contributed by atoms with Crippen LogP contribution in [0.25, 0.3) is 17.2 Å². The average Bonchev–Trinajstić information content (AvgIpc) is 3.07. The molecule has 0 amide bonds. The van der Waals surface area contributed by atoms with Crippen molar-refractivity contribution >= 4 is 6.08 Å². The van der Waals surface area contributed by atoms with Gasteiger partial charge in [-0.05, 0) is 53.5 Å². The molecule has 0 spiro atoms. The van der Waals surface area contributed by atoms with Crippen molar-refractivity contribution in [3.8, 4) is 11.1 Å². The van der Waals surface area contributed by atoms with E-state index in [0.717, 1.165) is 0 Å². The highest BCUT2D eigenvalue weighted by molar-refractivity contribution is 5.83. The average molecular weight is 332 g/mol. The molecule has 0 aromatic heterocycles. The van der Waals surface area contributed by atoms with Crippen molar-refractivity contribution < 1.29 is 0 Å². The highest BCUT2D eigenvalue weighted by Crippen LogP contribution is 2.36. The van der Waals surface area contributed by atoms with Crippen molar-refractivity contribution in [1.82, 2.24) is 0 Å². The normalized spacial score (nSPS) is 13.0. The number of benzene rings is 2. The van der Waals surface area contributed by atoms with Crippen LogP contribution in [0.4, 0.5) is 0 Å². The number of hydrogen-bond acceptors (Lipinski definition) is 0. The molecular weight excluding hydrogens is 300 g/mol. The molecule has 0 saturated heterocycles. The third-order valence-electron chi connectivity index (χ3n) is 5.21. The standard InChI is InChI=1S/C25H31/c1-3-5-7-8-11-21-18-23-12-9-13-24(25(23)19-21)22-16-14-20(15-17-22)10-6-4-2/h9,12-19H,3-8,10-11H2,1-2H3. The number of aryl methyl sites for hydroxylation is 1. The van der Waals surface area contributed by atoms with Crippen LogP contribution in [0.3, 0.4) is 0 Å². The Morgan fingerprint density at radius 1 is 0.720 bits per heavy atom. The Bertz CT molecular complexity index is 703. The van der Waals surface area contributed by atoms with E-state index >= 15 is 0 Å². The van der Waals surface area contributed by atoms with Crippen LogP contribution in [0.2, 0.25) is 0 Å². The molecule has 0 N–H and O–H groups in total. The SMILES string of the molecule is CCCCCCC1=Cc2c(cccc2-c2ccc(CCCC)cc2)[CH]1. The minimum atomic E-state index is 1.19. The van der Waals surface area contributed by atoms with E-state index in [9.17, 15) is 0 Å². The maximum Gasteiger partial charge on any atom is 0.0164 e. The third kappa shape index (κ3) is 4.63. The second-order valence-corrected chi connectivity index (χ2v) is 7.28. The lowest BCUT2D eigenvalue weighted by molar-refractivity contribution is 0.668. The molecule has 2 aromatic carbocycles. The van der Waals surface area contributed by atoms with E-state index in [0.29, 0.717) is 0 Å². The van der Waals surface area contributed by atoms with Gasteiger partial charge in [-0.3, -0.25) is 0 Å². The second kappa shape index (κ2) is 9.04. The molecule has 1 aliphatic carbocycles. The Labute approximate surface area is 154 Å². The van der Waals surface area contributed by atoms with Crippen LogP contribution in [0, 0.1) is 6.42 Å². The monoisotopic (exact) mass is 331 g/mol. The van der Waals surface area contributed by atoms with E-state index in [1.807, 2.05) is 0 Å². The lowest BCUT2D eigenvalue weighted by Gasteiger charge is -2.09. The Hall–Kier alpha value is -1.82. The molecule has 0 heterocycles. The molecular formula is C25H31. The van der Waals surface area contributed by atoms with Gasteiger partial charge in [-0.25, -0.2) is 0 Å². The highest BCUT2D eigenvalue weighted by atomic mass is 14.2. The first-order valence-electron chi connectivity index (χ1n) is 10.1. The maximum atomic E-state index is 2.42. The Morgan fingerprint density at radius 2 is 1.52 bits per heavy atom. The molecule has 0 fully saturated rings. The predicted molar refractivity (Wildman–Crippen MR) is 111 cm³/mol. The van der Waals surface area contributed by atoms with Gasteiger partial charge >= 0.3 is 0 Å². The Morgan fingerprint density at radius 3 is 2.28 bits per heavy atom. The fourth-order valence-corrected chi connectivity index (χ4v) is 3.68. The van der Waals surface area contributed by atoms with Crippen LogP contribution in [-0.2, 0) is 6.42 Å². The van der Waals surface area contributed by atoms with Gasteiger partial charge in [-0.2, -0.15) is 0 Å². The summed E-state index contributed by atoms with van der Waals surface area (Å²) < 4.78 is 0. The van der Waals surface area contributed by atoms with Gasteiger partial charge in [0, 0.05) is 6.42 Å². The van der Waals surface area contributed by atoms with Crippen molar-refractivity contribution in [2.75, 3.05) is 0 Å². The van der Waals surface area contributed by atoms with Crippen molar-refractivity contribution in [2.24, 2.45) is 0 Å². The summed E-state index contributed by atoms with van der Waals surface area (Å²) in [6, 6.07) is 15.9. The lowest BCUT2D eigenvalue weighted by atomic mass is 9.96. The van der Waals surface area contributed by atoms with E-state index in [-0.39, 0.29) is 0 Å². The third-order valence-corrected chi connectivity index (χ3v) is 5.21. The van der Waals surface area contributed by atoms with Gasteiger partial charge in [0.2, 0.25) is 0 Å². The first-order chi connectivity index (χ1) is 12.3. The molecule has 1 aliphatic rings. The molecule has 0 saturated carbocycles. The van der Waals surface area contributed by atoms with E-state index in [4.69, 9.17) is 0 Å².